The quantitative estimate of drug-likeness (QED) is 0.515. The van der Waals surface area contributed by atoms with Gasteiger partial charge in [-0.15, -0.1) is 0 Å². The molecule has 5 heterocycles. The van der Waals surface area contributed by atoms with E-state index >= 15 is 0 Å². The average Bonchev–Trinajstić information content (AvgIpc) is 3.50. The fraction of sp³-hybridized carbons (Fsp3) is 0.333. The number of rotatable bonds is 4. The zero-order chi connectivity index (χ0) is 24.7. The van der Waals surface area contributed by atoms with Gasteiger partial charge in [-0.05, 0) is 37.6 Å². The zero-order valence-electron chi connectivity index (χ0n) is 18.4. The second-order valence-electron chi connectivity index (χ2n) is 8.25. The Balaban J connectivity index is 1.42. The van der Waals surface area contributed by atoms with Crippen molar-refractivity contribution in [2.45, 2.75) is 31.6 Å². The van der Waals surface area contributed by atoms with Crippen molar-refractivity contribution < 1.29 is 22.8 Å². The third kappa shape index (κ3) is 4.34. The van der Waals surface area contributed by atoms with E-state index in [0.717, 1.165) is 6.92 Å². The molecule has 5 rings (SSSR count). The van der Waals surface area contributed by atoms with Gasteiger partial charge in [0.25, 0.3) is 5.91 Å². The molecular formula is C21H20F3N9O2. The fourth-order valence-corrected chi connectivity index (χ4v) is 4.12. The normalized spacial score (nSPS) is 17.7. The molecule has 14 heteroatoms. The van der Waals surface area contributed by atoms with E-state index in [9.17, 15) is 22.8 Å². The first-order valence-electron chi connectivity index (χ1n) is 10.8. The zero-order valence-corrected chi connectivity index (χ0v) is 18.4. The number of anilines is 3. The Kier molecular flexibility index (Phi) is 5.49. The molecule has 2 atom stereocenters. The number of nitrogens with zero attached hydrogens (tertiary/aromatic N) is 6. The summed E-state index contributed by atoms with van der Waals surface area (Å²) in [4.78, 5) is 37.7. The maximum Gasteiger partial charge on any atom is 0.408 e. The number of aromatic nitrogens is 5. The van der Waals surface area contributed by atoms with Crippen molar-refractivity contribution in [3.8, 4) is 11.3 Å². The smallest absolute Gasteiger partial charge is 0.366 e. The van der Waals surface area contributed by atoms with Crippen LogP contribution in [0, 0.1) is 0 Å². The van der Waals surface area contributed by atoms with Crippen molar-refractivity contribution >= 4 is 29.3 Å². The lowest BCUT2D eigenvalue weighted by Gasteiger charge is -2.35. The molecule has 0 aromatic carbocycles. The van der Waals surface area contributed by atoms with Crippen LogP contribution in [-0.2, 0) is 0 Å². The highest BCUT2D eigenvalue weighted by molar-refractivity contribution is 6.05. The molecule has 1 fully saturated rings. The number of alkyl halides is 3. The average molecular weight is 487 g/mol. The summed E-state index contributed by atoms with van der Waals surface area (Å²) in [5, 5.41) is 14.9. The number of nitrogens with one attached hydrogen (secondary N) is 3. The summed E-state index contributed by atoms with van der Waals surface area (Å²) in [7, 11) is 0. The first-order valence-corrected chi connectivity index (χ1v) is 10.8. The molecule has 35 heavy (non-hydrogen) atoms. The van der Waals surface area contributed by atoms with Crippen LogP contribution in [0.25, 0.3) is 11.3 Å². The second kappa shape index (κ2) is 8.52. The third-order valence-electron chi connectivity index (χ3n) is 5.95. The van der Waals surface area contributed by atoms with Gasteiger partial charge in [-0.1, -0.05) is 0 Å². The van der Waals surface area contributed by atoms with Crippen molar-refractivity contribution in [2.75, 3.05) is 28.2 Å². The maximum absolute atomic E-state index is 13.3. The van der Waals surface area contributed by atoms with Crippen LogP contribution < -0.4 is 20.4 Å². The molecule has 1 saturated heterocycles. The van der Waals surface area contributed by atoms with Crippen LogP contribution in [0.15, 0.2) is 36.7 Å². The van der Waals surface area contributed by atoms with Crippen LogP contribution >= 0.6 is 0 Å². The van der Waals surface area contributed by atoms with E-state index in [1.165, 1.54) is 23.4 Å². The Morgan fingerprint density at radius 1 is 1.26 bits per heavy atom. The summed E-state index contributed by atoms with van der Waals surface area (Å²) in [5.41, 5.74) is 1.67. The van der Waals surface area contributed by atoms with Crippen molar-refractivity contribution in [3.05, 3.63) is 42.4 Å². The van der Waals surface area contributed by atoms with E-state index in [1.807, 2.05) is 10.2 Å². The number of amides is 3. The Morgan fingerprint density at radius 3 is 2.83 bits per heavy atom. The van der Waals surface area contributed by atoms with Crippen LogP contribution in [0.2, 0.25) is 0 Å². The van der Waals surface area contributed by atoms with Crippen molar-refractivity contribution in [1.82, 2.24) is 30.7 Å². The predicted octanol–water partition coefficient (Wildman–Crippen LogP) is 2.57. The van der Waals surface area contributed by atoms with Crippen LogP contribution in [0.4, 0.5) is 35.3 Å². The molecule has 182 valence electrons. The molecule has 11 nitrogen and oxygen atoms in total. The minimum atomic E-state index is -4.59. The molecule has 3 amide bonds. The largest absolute Gasteiger partial charge is 0.408 e. The predicted molar refractivity (Wildman–Crippen MR) is 119 cm³/mol. The SMILES string of the molecule is C[C@@H](NC(=O)c1ccc2c(n1)N(C(=O)Nc1cc(-c3cn[nH]n3)ccn1)C1CCN2C1)C(F)(F)F. The number of pyridine rings is 2. The van der Waals surface area contributed by atoms with Crippen molar-refractivity contribution in [1.29, 1.82) is 0 Å². The minimum absolute atomic E-state index is 0.205. The standard InChI is InChI=1S/C21H20F3N9O2/c1-11(21(22,23)24)27-19(34)14-2-3-16-18(28-14)33(13-5-7-32(16)10-13)20(35)29-17-8-12(4-6-25-17)15-9-26-31-30-15/h2-4,6,8-9,11,13H,5,7,10H2,1H3,(H,27,34)(H,25,29,35)(H,26,30,31)/t11-,13?/m1/s1. The van der Waals surface area contributed by atoms with Gasteiger partial charge in [0.1, 0.15) is 23.2 Å². The summed E-state index contributed by atoms with van der Waals surface area (Å²) >= 11 is 0. The molecule has 2 aliphatic heterocycles. The first kappa shape index (κ1) is 22.6. The molecule has 2 aliphatic rings. The highest BCUT2D eigenvalue weighted by Gasteiger charge is 2.41. The van der Waals surface area contributed by atoms with Gasteiger partial charge in [0, 0.05) is 24.8 Å². The molecule has 0 spiro atoms. The number of hydrogen-bond acceptors (Lipinski definition) is 7. The second-order valence-corrected chi connectivity index (χ2v) is 8.25. The van der Waals surface area contributed by atoms with E-state index < -0.39 is 24.2 Å². The van der Waals surface area contributed by atoms with Gasteiger partial charge in [-0.25, -0.2) is 14.8 Å². The van der Waals surface area contributed by atoms with Gasteiger partial charge in [0.05, 0.1) is 17.9 Å². The number of H-pyrrole nitrogens is 1. The molecule has 1 unspecified atom stereocenters. The van der Waals surface area contributed by atoms with Crippen LogP contribution in [0.3, 0.4) is 0 Å². The molecule has 0 radical (unpaired) electrons. The summed E-state index contributed by atoms with van der Waals surface area (Å²) in [6.07, 6.45) is -0.869. The Morgan fingerprint density at radius 2 is 2.09 bits per heavy atom. The van der Waals surface area contributed by atoms with Gasteiger partial charge in [-0.2, -0.15) is 28.6 Å². The van der Waals surface area contributed by atoms with Crippen molar-refractivity contribution in [2.24, 2.45) is 0 Å². The third-order valence-corrected chi connectivity index (χ3v) is 5.95. The summed E-state index contributed by atoms with van der Waals surface area (Å²) < 4.78 is 38.7. The fourth-order valence-electron chi connectivity index (χ4n) is 4.12. The van der Waals surface area contributed by atoms with Gasteiger partial charge in [-0.3, -0.25) is 15.0 Å². The topological polar surface area (TPSA) is 132 Å². The van der Waals surface area contributed by atoms with E-state index in [4.69, 9.17) is 0 Å². The van der Waals surface area contributed by atoms with Crippen molar-refractivity contribution in [3.63, 3.8) is 0 Å². The maximum atomic E-state index is 13.3. The molecule has 3 aromatic heterocycles. The number of aromatic amines is 1. The highest BCUT2D eigenvalue weighted by Crippen LogP contribution is 2.39. The minimum Gasteiger partial charge on any atom is -0.366 e. The number of fused-ring (bicyclic) bond motifs is 4. The molecule has 0 saturated carbocycles. The van der Waals surface area contributed by atoms with E-state index in [0.29, 0.717) is 36.5 Å². The van der Waals surface area contributed by atoms with E-state index in [-0.39, 0.29) is 23.4 Å². The van der Waals surface area contributed by atoms with Crippen LogP contribution in [-0.4, -0.2) is 68.7 Å². The molecule has 0 aliphatic carbocycles. The first-order chi connectivity index (χ1) is 16.7. The summed E-state index contributed by atoms with van der Waals surface area (Å²) in [5.74, 6) is -0.505. The molecular weight excluding hydrogens is 467 g/mol. The summed E-state index contributed by atoms with van der Waals surface area (Å²) in [6.45, 7) is 2.10. The van der Waals surface area contributed by atoms with Crippen LogP contribution in [0.1, 0.15) is 23.8 Å². The number of hydrogen-bond donors (Lipinski definition) is 3. The lowest BCUT2D eigenvalue weighted by atomic mass is 10.1. The van der Waals surface area contributed by atoms with E-state index in [1.54, 1.807) is 18.2 Å². The van der Waals surface area contributed by atoms with Gasteiger partial charge in [0.15, 0.2) is 5.82 Å². The Labute approximate surface area is 196 Å². The highest BCUT2D eigenvalue weighted by atomic mass is 19.4. The summed E-state index contributed by atoms with van der Waals surface area (Å²) in [6, 6.07) is 3.52. The van der Waals surface area contributed by atoms with Gasteiger partial charge < -0.3 is 10.2 Å². The number of urea groups is 1. The Bertz CT molecular complexity index is 1270. The van der Waals surface area contributed by atoms with Gasteiger partial charge >= 0.3 is 12.2 Å². The number of carbonyl (C=O) groups excluding carboxylic acids is 2. The van der Waals surface area contributed by atoms with Crippen LogP contribution in [0.5, 0.6) is 0 Å². The molecule has 3 aromatic rings. The lowest BCUT2D eigenvalue weighted by Crippen LogP contribution is -2.49. The molecule has 3 N–H and O–H groups in total. The van der Waals surface area contributed by atoms with E-state index in [2.05, 4.69) is 30.7 Å². The molecule has 2 bridgehead atoms. The number of halogens is 3. The lowest BCUT2D eigenvalue weighted by molar-refractivity contribution is -0.149. The Hall–Kier alpha value is -4.23. The van der Waals surface area contributed by atoms with Gasteiger partial charge in [0.2, 0.25) is 0 Å². The number of carbonyl (C=O) groups is 2. The monoisotopic (exact) mass is 487 g/mol.